The van der Waals surface area contributed by atoms with Gasteiger partial charge in [0.1, 0.15) is 0 Å². The molecular formula is C32H25NO3. The average Bonchev–Trinajstić information content (AvgIpc) is 2.93. The fourth-order valence-corrected chi connectivity index (χ4v) is 4.59. The SMILES string of the molecule is COC1=C(c2ccc(N(c3ccccc3)c3ccccc3)cc2)C(=O)C(C)=C(c2ccccc2)C1=O. The van der Waals surface area contributed by atoms with Crippen LogP contribution in [-0.4, -0.2) is 18.7 Å². The van der Waals surface area contributed by atoms with E-state index in [4.69, 9.17) is 4.74 Å². The number of hydrogen-bond acceptors (Lipinski definition) is 4. The van der Waals surface area contributed by atoms with Gasteiger partial charge in [-0.3, -0.25) is 9.59 Å². The number of ether oxygens (including phenoxy) is 1. The maximum Gasteiger partial charge on any atom is 0.229 e. The van der Waals surface area contributed by atoms with E-state index in [1.54, 1.807) is 6.92 Å². The summed E-state index contributed by atoms with van der Waals surface area (Å²) in [4.78, 5) is 29.1. The Balaban J connectivity index is 1.56. The zero-order chi connectivity index (χ0) is 25.1. The number of carbonyl (C=O) groups excluding carboxylic acids is 2. The quantitative estimate of drug-likeness (QED) is 0.280. The third-order valence-corrected chi connectivity index (χ3v) is 6.31. The van der Waals surface area contributed by atoms with Crippen LogP contribution in [0.5, 0.6) is 0 Å². The number of para-hydroxylation sites is 2. The Bertz CT molecular complexity index is 1430. The Hall–Kier alpha value is -4.70. The normalized spacial score (nSPS) is 13.7. The molecule has 0 fully saturated rings. The standard InChI is InChI=1S/C32H25NO3/c1-22-28(23-12-6-3-7-13-23)31(35)32(36-2)29(30(22)34)24-18-20-27(21-19-24)33(25-14-8-4-9-15-25)26-16-10-5-11-17-26/h3-21H,1-2H3. The van der Waals surface area contributed by atoms with Crippen molar-refractivity contribution in [2.75, 3.05) is 12.0 Å². The summed E-state index contributed by atoms with van der Waals surface area (Å²) in [5.41, 5.74) is 5.41. The molecule has 4 heteroatoms. The number of nitrogens with zero attached hydrogens (tertiary/aromatic N) is 1. The van der Waals surface area contributed by atoms with Crippen LogP contribution in [0.25, 0.3) is 11.1 Å². The van der Waals surface area contributed by atoms with Gasteiger partial charge in [-0.05, 0) is 54.4 Å². The molecule has 5 rings (SSSR count). The van der Waals surface area contributed by atoms with Crippen molar-refractivity contribution in [2.45, 2.75) is 6.92 Å². The van der Waals surface area contributed by atoms with Gasteiger partial charge in [-0.25, -0.2) is 0 Å². The van der Waals surface area contributed by atoms with Gasteiger partial charge in [0.05, 0.1) is 12.7 Å². The molecule has 0 atom stereocenters. The van der Waals surface area contributed by atoms with Crippen LogP contribution in [0.4, 0.5) is 17.1 Å². The highest BCUT2D eigenvalue weighted by Gasteiger charge is 2.35. The molecule has 0 saturated carbocycles. The molecule has 1 aliphatic rings. The van der Waals surface area contributed by atoms with Crippen molar-refractivity contribution in [1.82, 2.24) is 0 Å². The number of methoxy groups -OCH3 is 1. The lowest BCUT2D eigenvalue weighted by Crippen LogP contribution is -2.22. The first-order chi connectivity index (χ1) is 17.6. The topological polar surface area (TPSA) is 46.6 Å². The van der Waals surface area contributed by atoms with Crippen molar-refractivity contribution in [1.29, 1.82) is 0 Å². The first kappa shape index (κ1) is 23.1. The van der Waals surface area contributed by atoms with Crippen LogP contribution in [0.1, 0.15) is 18.1 Å². The van der Waals surface area contributed by atoms with Crippen molar-refractivity contribution in [2.24, 2.45) is 0 Å². The van der Waals surface area contributed by atoms with Gasteiger partial charge in [-0.2, -0.15) is 0 Å². The molecule has 36 heavy (non-hydrogen) atoms. The molecule has 0 amide bonds. The molecule has 0 heterocycles. The fourth-order valence-electron chi connectivity index (χ4n) is 4.59. The summed E-state index contributed by atoms with van der Waals surface area (Å²) in [7, 11) is 1.44. The van der Waals surface area contributed by atoms with Gasteiger partial charge in [0.15, 0.2) is 11.5 Å². The predicted octanol–water partition coefficient (Wildman–Crippen LogP) is 7.14. The van der Waals surface area contributed by atoms with Gasteiger partial charge in [0, 0.05) is 28.2 Å². The molecule has 0 aromatic heterocycles. The minimum absolute atomic E-state index is 0.0696. The molecular weight excluding hydrogens is 446 g/mol. The fraction of sp³-hybridized carbons (Fsp3) is 0.0625. The molecule has 0 unspecified atom stereocenters. The number of rotatable bonds is 6. The van der Waals surface area contributed by atoms with Crippen molar-refractivity contribution < 1.29 is 14.3 Å². The number of allylic oxidation sites excluding steroid dienone is 3. The number of benzene rings is 4. The largest absolute Gasteiger partial charge is 0.492 e. The summed E-state index contributed by atoms with van der Waals surface area (Å²) in [5.74, 6) is -0.420. The van der Waals surface area contributed by atoms with E-state index in [1.807, 2.05) is 91.0 Å². The van der Waals surface area contributed by atoms with Crippen molar-refractivity contribution in [3.63, 3.8) is 0 Å². The van der Waals surface area contributed by atoms with Crippen molar-refractivity contribution in [3.05, 3.63) is 138 Å². The van der Waals surface area contributed by atoms with Crippen LogP contribution < -0.4 is 4.90 Å². The summed E-state index contributed by atoms with van der Waals surface area (Å²) in [6.45, 7) is 1.70. The summed E-state index contributed by atoms with van der Waals surface area (Å²) in [5, 5.41) is 0. The second-order valence-corrected chi connectivity index (χ2v) is 8.49. The Labute approximate surface area is 210 Å². The van der Waals surface area contributed by atoms with Gasteiger partial charge >= 0.3 is 0 Å². The summed E-state index contributed by atoms with van der Waals surface area (Å²) < 4.78 is 5.52. The van der Waals surface area contributed by atoms with Gasteiger partial charge < -0.3 is 9.64 Å². The van der Waals surface area contributed by atoms with Crippen LogP contribution in [0, 0.1) is 0 Å². The van der Waals surface area contributed by atoms with Gasteiger partial charge in [-0.1, -0.05) is 78.9 Å². The molecule has 4 aromatic carbocycles. The van der Waals surface area contributed by atoms with Crippen LogP contribution in [0.2, 0.25) is 0 Å². The number of ketones is 2. The number of anilines is 3. The van der Waals surface area contributed by atoms with E-state index in [9.17, 15) is 9.59 Å². The first-order valence-corrected chi connectivity index (χ1v) is 11.7. The predicted molar refractivity (Wildman–Crippen MR) is 144 cm³/mol. The molecule has 0 saturated heterocycles. The second-order valence-electron chi connectivity index (χ2n) is 8.49. The summed E-state index contributed by atoms with van der Waals surface area (Å²) >= 11 is 0. The van der Waals surface area contributed by atoms with Crippen LogP contribution >= 0.6 is 0 Å². The summed E-state index contributed by atoms with van der Waals surface area (Å²) in [6, 6.07) is 37.1. The van der Waals surface area contributed by atoms with Crippen molar-refractivity contribution >= 4 is 39.8 Å². The number of hydrogen-bond donors (Lipinski definition) is 0. The molecule has 0 bridgehead atoms. The van der Waals surface area contributed by atoms with Crippen LogP contribution in [-0.2, 0) is 14.3 Å². The first-order valence-electron chi connectivity index (χ1n) is 11.7. The Kier molecular flexibility index (Phi) is 6.33. The lowest BCUT2D eigenvalue weighted by atomic mass is 9.83. The minimum Gasteiger partial charge on any atom is -0.492 e. The van der Waals surface area contributed by atoms with E-state index in [-0.39, 0.29) is 22.9 Å². The average molecular weight is 472 g/mol. The summed E-state index contributed by atoms with van der Waals surface area (Å²) in [6.07, 6.45) is 0. The van der Waals surface area contributed by atoms with Crippen molar-refractivity contribution in [3.8, 4) is 0 Å². The smallest absolute Gasteiger partial charge is 0.229 e. The highest BCUT2D eigenvalue weighted by Crippen LogP contribution is 2.38. The second kappa shape index (κ2) is 9.88. The molecule has 4 aromatic rings. The van der Waals surface area contributed by atoms with Gasteiger partial charge in [-0.15, -0.1) is 0 Å². The Morgan fingerprint density at radius 2 is 0.972 bits per heavy atom. The molecule has 0 radical (unpaired) electrons. The zero-order valence-corrected chi connectivity index (χ0v) is 20.1. The van der Waals surface area contributed by atoms with E-state index < -0.39 is 0 Å². The van der Waals surface area contributed by atoms with Gasteiger partial charge in [0.2, 0.25) is 5.78 Å². The van der Waals surface area contributed by atoms with E-state index in [2.05, 4.69) is 29.2 Å². The minimum atomic E-state index is -0.282. The lowest BCUT2D eigenvalue weighted by molar-refractivity contribution is -0.115. The molecule has 4 nitrogen and oxygen atoms in total. The molecule has 0 spiro atoms. The maximum absolute atomic E-state index is 13.5. The Morgan fingerprint density at radius 1 is 0.528 bits per heavy atom. The molecule has 0 aliphatic heterocycles. The highest BCUT2D eigenvalue weighted by molar-refractivity contribution is 6.47. The maximum atomic E-state index is 13.5. The Morgan fingerprint density at radius 3 is 1.47 bits per heavy atom. The highest BCUT2D eigenvalue weighted by atomic mass is 16.5. The third kappa shape index (κ3) is 4.14. The molecule has 176 valence electrons. The monoisotopic (exact) mass is 471 g/mol. The number of carbonyl (C=O) groups is 2. The lowest BCUT2D eigenvalue weighted by Gasteiger charge is -2.26. The van der Waals surface area contributed by atoms with E-state index >= 15 is 0 Å². The van der Waals surface area contributed by atoms with Gasteiger partial charge in [0.25, 0.3) is 0 Å². The van der Waals surface area contributed by atoms with Crippen LogP contribution in [0.15, 0.2) is 127 Å². The van der Waals surface area contributed by atoms with E-state index in [0.717, 1.165) is 17.1 Å². The molecule has 0 N–H and O–H groups in total. The van der Waals surface area contributed by atoms with Crippen LogP contribution in [0.3, 0.4) is 0 Å². The zero-order valence-electron chi connectivity index (χ0n) is 20.1. The third-order valence-electron chi connectivity index (χ3n) is 6.31. The number of Topliss-reactive ketones (excluding diaryl/α,β-unsaturated/α-hetero) is 2. The molecule has 1 aliphatic carbocycles. The van der Waals surface area contributed by atoms with E-state index in [0.29, 0.717) is 22.3 Å². The van der Waals surface area contributed by atoms with E-state index in [1.165, 1.54) is 7.11 Å².